The van der Waals surface area contributed by atoms with Gasteiger partial charge in [0.2, 0.25) is 5.91 Å². The zero-order chi connectivity index (χ0) is 16.1. The van der Waals surface area contributed by atoms with Crippen LogP contribution >= 0.6 is 23.2 Å². The minimum atomic E-state index is -0.472. The molecule has 3 N–H and O–H groups in total. The molecule has 22 heavy (non-hydrogen) atoms. The van der Waals surface area contributed by atoms with Crippen LogP contribution in [0.2, 0.25) is 10.0 Å². The van der Waals surface area contributed by atoms with Crippen molar-refractivity contribution in [2.75, 3.05) is 5.32 Å². The number of benzene rings is 2. The first-order chi connectivity index (χ1) is 10.5. The average Bonchev–Trinajstić information content (AvgIpc) is 2.51. The van der Waals surface area contributed by atoms with E-state index in [0.29, 0.717) is 16.5 Å². The lowest BCUT2D eigenvalue weighted by Crippen LogP contribution is -2.35. The molecule has 0 aliphatic carbocycles. The van der Waals surface area contributed by atoms with Crippen molar-refractivity contribution in [1.82, 2.24) is 0 Å². The first-order valence-corrected chi connectivity index (χ1v) is 7.88. The summed E-state index contributed by atoms with van der Waals surface area (Å²) in [5.41, 5.74) is 8.47. The maximum atomic E-state index is 11.9. The van der Waals surface area contributed by atoms with Crippen molar-refractivity contribution in [3.05, 3.63) is 52.5 Å². The highest BCUT2D eigenvalue weighted by Crippen LogP contribution is 2.29. The molecule has 1 amide bonds. The Hall–Kier alpha value is -1.55. The Morgan fingerprint density at radius 2 is 1.73 bits per heavy atom. The molecule has 3 nitrogen and oxygen atoms in total. The molecule has 0 fully saturated rings. The van der Waals surface area contributed by atoms with Gasteiger partial charge in [-0.15, -0.1) is 0 Å². The van der Waals surface area contributed by atoms with Crippen molar-refractivity contribution in [2.45, 2.75) is 25.8 Å². The van der Waals surface area contributed by atoms with Crippen LogP contribution in [0.1, 0.15) is 19.8 Å². The summed E-state index contributed by atoms with van der Waals surface area (Å²) in [6, 6.07) is 12.5. The Balaban J connectivity index is 2.10. The number of hydrogen-bond acceptors (Lipinski definition) is 2. The molecular weight excluding hydrogens is 319 g/mol. The fourth-order valence-electron chi connectivity index (χ4n) is 2.10. The van der Waals surface area contributed by atoms with E-state index in [-0.39, 0.29) is 5.91 Å². The van der Waals surface area contributed by atoms with Crippen LogP contribution in [0, 0.1) is 0 Å². The third-order valence-electron chi connectivity index (χ3n) is 3.34. The maximum Gasteiger partial charge on any atom is 0.241 e. The van der Waals surface area contributed by atoms with Gasteiger partial charge in [-0.1, -0.05) is 54.7 Å². The van der Waals surface area contributed by atoms with Crippen LogP contribution < -0.4 is 11.1 Å². The fraction of sp³-hybridized carbons (Fsp3) is 0.235. The molecule has 0 aliphatic heterocycles. The van der Waals surface area contributed by atoms with Crippen molar-refractivity contribution < 1.29 is 4.79 Å². The third kappa shape index (κ3) is 4.23. The quantitative estimate of drug-likeness (QED) is 0.829. The summed E-state index contributed by atoms with van der Waals surface area (Å²) >= 11 is 11.9. The lowest BCUT2D eigenvalue weighted by molar-refractivity contribution is -0.117. The number of nitrogens with two attached hydrogens (primary N) is 1. The van der Waals surface area contributed by atoms with Gasteiger partial charge in [-0.3, -0.25) is 4.79 Å². The number of nitrogens with one attached hydrogen (secondary N) is 1. The second-order valence-corrected chi connectivity index (χ2v) is 5.91. The Morgan fingerprint density at radius 1 is 1.09 bits per heavy atom. The Kier molecular flexibility index (Phi) is 5.83. The second-order valence-electron chi connectivity index (χ2n) is 5.09. The van der Waals surface area contributed by atoms with Gasteiger partial charge in [-0.05, 0) is 41.8 Å². The summed E-state index contributed by atoms with van der Waals surface area (Å²) < 4.78 is 0. The average molecular weight is 337 g/mol. The van der Waals surface area contributed by atoms with Gasteiger partial charge in [-0.2, -0.15) is 0 Å². The molecule has 0 bridgehead atoms. The minimum absolute atomic E-state index is 0.163. The summed E-state index contributed by atoms with van der Waals surface area (Å²) in [6.07, 6.45) is 1.55. The van der Waals surface area contributed by atoms with E-state index in [1.807, 2.05) is 43.3 Å². The second kappa shape index (κ2) is 7.63. The van der Waals surface area contributed by atoms with E-state index in [9.17, 15) is 4.79 Å². The smallest absolute Gasteiger partial charge is 0.241 e. The molecule has 2 rings (SSSR count). The highest BCUT2D eigenvalue weighted by atomic mass is 35.5. The maximum absolute atomic E-state index is 11.9. The fourth-order valence-corrected chi connectivity index (χ4v) is 2.40. The topological polar surface area (TPSA) is 55.1 Å². The first-order valence-electron chi connectivity index (χ1n) is 7.13. The Morgan fingerprint density at radius 3 is 2.32 bits per heavy atom. The summed E-state index contributed by atoms with van der Waals surface area (Å²) in [6.45, 7) is 2.00. The highest BCUT2D eigenvalue weighted by molar-refractivity contribution is 6.42. The number of carbonyl (C=O) groups is 1. The summed E-state index contributed by atoms with van der Waals surface area (Å²) in [5.74, 6) is -0.163. The van der Waals surface area contributed by atoms with Gasteiger partial charge in [0.1, 0.15) is 0 Å². The van der Waals surface area contributed by atoms with Crippen LogP contribution in [0.5, 0.6) is 0 Å². The lowest BCUT2D eigenvalue weighted by atomic mass is 10.1. The SMILES string of the molecule is CCCC(N)C(=O)Nc1ccc(-c2ccc(Cl)c(Cl)c2)cc1. The molecule has 2 aromatic carbocycles. The van der Waals surface area contributed by atoms with Gasteiger partial charge < -0.3 is 11.1 Å². The number of halogens is 2. The van der Waals surface area contributed by atoms with Crippen molar-refractivity contribution in [1.29, 1.82) is 0 Å². The molecule has 0 saturated heterocycles. The largest absolute Gasteiger partial charge is 0.325 e. The Bertz CT molecular complexity index is 656. The monoisotopic (exact) mass is 336 g/mol. The van der Waals surface area contributed by atoms with E-state index < -0.39 is 6.04 Å². The number of carbonyl (C=O) groups excluding carboxylic acids is 1. The number of rotatable bonds is 5. The molecular formula is C17H18Cl2N2O. The van der Waals surface area contributed by atoms with E-state index in [0.717, 1.165) is 23.2 Å². The highest BCUT2D eigenvalue weighted by Gasteiger charge is 2.12. The third-order valence-corrected chi connectivity index (χ3v) is 4.08. The molecule has 0 radical (unpaired) electrons. The molecule has 1 atom stereocenters. The van der Waals surface area contributed by atoms with Crippen molar-refractivity contribution in [3.63, 3.8) is 0 Å². The summed E-state index contributed by atoms with van der Waals surface area (Å²) in [7, 11) is 0. The van der Waals surface area contributed by atoms with Gasteiger partial charge in [0.05, 0.1) is 16.1 Å². The predicted molar refractivity (Wildman–Crippen MR) is 93.4 cm³/mol. The van der Waals surface area contributed by atoms with Gasteiger partial charge in [0, 0.05) is 5.69 Å². The zero-order valence-corrected chi connectivity index (χ0v) is 13.8. The van der Waals surface area contributed by atoms with E-state index in [1.54, 1.807) is 6.07 Å². The van der Waals surface area contributed by atoms with E-state index >= 15 is 0 Å². The molecule has 0 saturated carbocycles. The molecule has 0 spiro atoms. The molecule has 5 heteroatoms. The van der Waals surface area contributed by atoms with Gasteiger partial charge in [0.15, 0.2) is 0 Å². The van der Waals surface area contributed by atoms with E-state index in [2.05, 4.69) is 5.32 Å². The van der Waals surface area contributed by atoms with Gasteiger partial charge >= 0.3 is 0 Å². The lowest BCUT2D eigenvalue weighted by Gasteiger charge is -2.11. The zero-order valence-electron chi connectivity index (χ0n) is 12.3. The number of anilines is 1. The molecule has 116 valence electrons. The van der Waals surface area contributed by atoms with Crippen molar-refractivity contribution >= 4 is 34.8 Å². The van der Waals surface area contributed by atoms with E-state index in [1.165, 1.54) is 0 Å². The standard InChI is InChI=1S/C17H18Cl2N2O/c1-2-3-16(20)17(22)21-13-7-4-11(5-8-13)12-6-9-14(18)15(19)10-12/h4-10,16H,2-3,20H2,1H3,(H,21,22). The summed E-state index contributed by atoms with van der Waals surface area (Å²) in [5, 5.41) is 3.86. The van der Waals surface area contributed by atoms with Crippen LogP contribution in [-0.2, 0) is 4.79 Å². The molecule has 2 aromatic rings. The first kappa shape index (κ1) is 16.8. The molecule has 1 unspecified atom stereocenters. The normalized spacial score (nSPS) is 12.0. The van der Waals surface area contributed by atoms with Gasteiger partial charge in [0.25, 0.3) is 0 Å². The van der Waals surface area contributed by atoms with Crippen LogP contribution in [0.25, 0.3) is 11.1 Å². The number of hydrogen-bond donors (Lipinski definition) is 2. The number of amides is 1. The molecule has 0 heterocycles. The predicted octanol–water partition coefficient (Wildman–Crippen LogP) is 4.73. The van der Waals surface area contributed by atoms with E-state index in [4.69, 9.17) is 28.9 Å². The van der Waals surface area contributed by atoms with Crippen molar-refractivity contribution in [3.8, 4) is 11.1 Å². The Labute approximate surface area is 140 Å². The molecule has 0 aromatic heterocycles. The minimum Gasteiger partial charge on any atom is -0.325 e. The van der Waals surface area contributed by atoms with Crippen molar-refractivity contribution in [2.24, 2.45) is 5.73 Å². The van der Waals surface area contributed by atoms with Gasteiger partial charge in [-0.25, -0.2) is 0 Å². The van der Waals surface area contributed by atoms with Crippen LogP contribution in [-0.4, -0.2) is 11.9 Å². The van der Waals surface area contributed by atoms with Crippen LogP contribution in [0.3, 0.4) is 0 Å². The molecule has 0 aliphatic rings. The van der Waals surface area contributed by atoms with Crippen LogP contribution in [0.4, 0.5) is 5.69 Å². The van der Waals surface area contributed by atoms with Crippen LogP contribution in [0.15, 0.2) is 42.5 Å². The summed E-state index contributed by atoms with van der Waals surface area (Å²) in [4.78, 5) is 11.9.